The summed E-state index contributed by atoms with van der Waals surface area (Å²) in [5.41, 5.74) is -0.270. The molecule has 3 aromatic rings. The molecule has 0 fully saturated rings. The Morgan fingerprint density at radius 3 is 2.78 bits per heavy atom. The molecule has 0 radical (unpaired) electrons. The van der Waals surface area contributed by atoms with Crippen LogP contribution in [-0.2, 0) is 19.1 Å². The number of hydrogen-bond donors (Lipinski definition) is 0. The quantitative estimate of drug-likeness (QED) is 0.359. The van der Waals surface area contributed by atoms with Gasteiger partial charge in [0.25, 0.3) is 0 Å². The highest BCUT2D eigenvalue weighted by molar-refractivity contribution is 9.10. The fourth-order valence-electron chi connectivity index (χ4n) is 3.88. The smallest absolute Gasteiger partial charge is 0.339 e. The van der Waals surface area contributed by atoms with Crippen LogP contribution in [0.3, 0.4) is 0 Å². The number of allylic oxidation sites excluding steroid dienone is 4. The molecule has 4 rings (SSSR count). The van der Waals surface area contributed by atoms with Gasteiger partial charge in [-0.3, -0.25) is 0 Å². The van der Waals surface area contributed by atoms with Gasteiger partial charge in [0.15, 0.2) is 5.82 Å². The number of fused-ring (bicyclic) bond motifs is 1. The van der Waals surface area contributed by atoms with Gasteiger partial charge >= 0.3 is 6.18 Å². The minimum absolute atomic E-state index is 0.00990. The van der Waals surface area contributed by atoms with Crippen molar-refractivity contribution >= 4 is 38.4 Å². The van der Waals surface area contributed by atoms with Gasteiger partial charge in [-0.1, -0.05) is 58.7 Å². The van der Waals surface area contributed by atoms with Crippen LogP contribution < -0.4 is 0 Å². The van der Waals surface area contributed by atoms with Crippen LogP contribution in [0.1, 0.15) is 47.8 Å². The Kier molecular flexibility index (Phi) is 5.94. The molecule has 0 aliphatic heterocycles. The third-order valence-electron chi connectivity index (χ3n) is 5.28. The van der Waals surface area contributed by atoms with Crippen molar-refractivity contribution in [1.29, 1.82) is 5.26 Å². The molecule has 1 aliphatic rings. The lowest BCUT2D eigenvalue weighted by atomic mass is 10.0. The third-order valence-corrected chi connectivity index (χ3v) is 6.40. The Labute approximate surface area is 195 Å². The van der Waals surface area contributed by atoms with E-state index in [1.165, 1.54) is 18.2 Å². The second kappa shape index (κ2) is 8.41. The predicted octanol–water partition coefficient (Wildman–Crippen LogP) is 6.46. The molecule has 10 heteroatoms. The van der Waals surface area contributed by atoms with E-state index in [1.54, 1.807) is 22.8 Å². The molecular weight excluding hydrogens is 509 g/mol. The van der Waals surface area contributed by atoms with Gasteiger partial charge in [0.1, 0.15) is 3.78 Å². The highest BCUT2D eigenvalue weighted by Crippen LogP contribution is 2.43. The second-order valence-electron chi connectivity index (χ2n) is 7.45. The number of nitrogens with zero attached hydrogens (tertiary/aromatic N) is 4. The highest BCUT2D eigenvalue weighted by atomic mass is 79.9. The summed E-state index contributed by atoms with van der Waals surface area (Å²) in [6.07, 6.45) is 3.84. The number of rotatable bonds is 5. The Morgan fingerprint density at radius 2 is 2.12 bits per heavy atom. The minimum Gasteiger partial charge on any atom is -0.339 e. The van der Waals surface area contributed by atoms with Crippen LogP contribution in [0.4, 0.5) is 13.2 Å². The zero-order valence-electron chi connectivity index (χ0n) is 16.8. The van der Waals surface area contributed by atoms with Crippen molar-refractivity contribution in [2.45, 2.75) is 42.2 Å². The summed E-state index contributed by atoms with van der Waals surface area (Å²) in [5.74, 6) is 0.210. The first-order valence-electron chi connectivity index (χ1n) is 9.84. The fourth-order valence-corrected chi connectivity index (χ4v) is 4.62. The molecule has 0 N–H and O–H groups in total. The summed E-state index contributed by atoms with van der Waals surface area (Å²) in [7, 11) is 0. The molecule has 0 saturated carbocycles. The Morgan fingerprint density at radius 1 is 1.34 bits per heavy atom. The van der Waals surface area contributed by atoms with Gasteiger partial charge in [0.2, 0.25) is 5.89 Å². The predicted molar refractivity (Wildman–Crippen MR) is 118 cm³/mol. The SMILES string of the molecule is CCCc1cc2c(C(F)(F)F)c(C#N)ccc2n1Cc1noc(C2C=CC=CC2(Cl)Br)n1. The molecule has 0 saturated heterocycles. The maximum atomic E-state index is 13.8. The molecule has 2 atom stereocenters. The second-order valence-corrected chi connectivity index (χ2v) is 9.84. The maximum absolute atomic E-state index is 13.8. The number of aromatic nitrogens is 3. The van der Waals surface area contributed by atoms with Gasteiger partial charge in [-0.2, -0.15) is 23.4 Å². The highest BCUT2D eigenvalue weighted by Gasteiger charge is 2.38. The molecular formula is C22H17BrClF3N4O. The van der Waals surface area contributed by atoms with E-state index in [2.05, 4.69) is 26.1 Å². The largest absolute Gasteiger partial charge is 0.418 e. The van der Waals surface area contributed by atoms with Gasteiger partial charge in [-0.15, -0.1) is 11.6 Å². The first-order valence-corrected chi connectivity index (χ1v) is 11.0. The Balaban J connectivity index is 1.78. The fraction of sp³-hybridized carbons (Fsp3) is 0.318. The summed E-state index contributed by atoms with van der Waals surface area (Å²) in [4.78, 5) is 4.44. The van der Waals surface area contributed by atoms with Crippen LogP contribution in [0.2, 0.25) is 0 Å². The standard InChI is InChI=1S/C22H17BrClF3N4O/c1-2-5-14-10-15-17(8-7-13(11-28)19(15)22(25,26)27)31(14)12-18-29-20(32-30-18)16-6-3-4-9-21(16,23)24/h3-4,6-10,16H,2,5,12H2,1H3. The summed E-state index contributed by atoms with van der Waals surface area (Å²) in [6.45, 7) is 2.06. The number of halogens is 5. The van der Waals surface area contributed by atoms with Crippen molar-refractivity contribution in [2.24, 2.45) is 0 Å². The van der Waals surface area contributed by atoms with Gasteiger partial charge in [0, 0.05) is 16.6 Å². The van der Waals surface area contributed by atoms with E-state index >= 15 is 0 Å². The Hall–Kier alpha value is -2.57. The number of alkyl halides is 5. The average molecular weight is 526 g/mol. The summed E-state index contributed by atoms with van der Waals surface area (Å²) in [6, 6.07) is 5.88. The lowest BCUT2D eigenvalue weighted by Gasteiger charge is -2.23. The van der Waals surface area contributed by atoms with Crippen LogP contribution in [0.25, 0.3) is 10.9 Å². The van der Waals surface area contributed by atoms with Gasteiger partial charge in [-0.05, 0) is 24.6 Å². The normalized spacial score (nSPS) is 20.7. The van der Waals surface area contributed by atoms with E-state index in [0.29, 0.717) is 29.3 Å². The number of benzene rings is 1. The van der Waals surface area contributed by atoms with Crippen LogP contribution in [0, 0.1) is 11.3 Å². The van der Waals surface area contributed by atoms with Crippen LogP contribution in [0.15, 0.2) is 47.0 Å². The molecule has 0 bridgehead atoms. The molecule has 2 heterocycles. The minimum atomic E-state index is -4.65. The molecule has 32 heavy (non-hydrogen) atoms. The lowest BCUT2D eigenvalue weighted by Crippen LogP contribution is -2.21. The van der Waals surface area contributed by atoms with E-state index in [4.69, 9.17) is 16.1 Å². The molecule has 166 valence electrons. The van der Waals surface area contributed by atoms with Crippen molar-refractivity contribution in [3.05, 3.63) is 71.0 Å². The zero-order chi connectivity index (χ0) is 23.1. The first kappa shape index (κ1) is 22.6. The number of nitriles is 1. The monoisotopic (exact) mass is 524 g/mol. The van der Waals surface area contributed by atoms with E-state index in [1.807, 2.05) is 19.1 Å². The van der Waals surface area contributed by atoms with E-state index in [0.717, 1.165) is 6.42 Å². The molecule has 0 amide bonds. The van der Waals surface area contributed by atoms with Gasteiger partial charge in [-0.25, -0.2) is 0 Å². The first-order chi connectivity index (χ1) is 15.2. The summed E-state index contributed by atoms with van der Waals surface area (Å²) in [5, 5.41) is 13.2. The molecule has 1 aliphatic carbocycles. The molecule has 0 spiro atoms. The van der Waals surface area contributed by atoms with Crippen molar-refractivity contribution in [3.8, 4) is 6.07 Å². The van der Waals surface area contributed by atoms with Crippen LogP contribution in [0.5, 0.6) is 0 Å². The topological polar surface area (TPSA) is 67.6 Å². The average Bonchev–Trinajstić information content (AvgIpc) is 3.31. The van der Waals surface area contributed by atoms with Crippen LogP contribution >= 0.6 is 27.5 Å². The molecule has 1 aromatic carbocycles. The van der Waals surface area contributed by atoms with E-state index in [9.17, 15) is 18.4 Å². The van der Waals surface area contributed by atoms with Crippen LogP contribution in [-0.4, -0.2) is 18.5 Å². The number of hydrogen-bond acceptors (Lipinski definition) is 4. The van der Waals surface area contributed by atoms with E-state index in [-0.39, 0.29) is 11.9 Å². The van der Waals surface area contributed by atoms with Gasteiger partial charge < -0.3 is 9.09 Å². The zero-order valence-corrected chi connectivity index (χ0v) is 19.2. The lowest BCUT2D eigenvalue weighted by molar-refractivity contribution is -0.136. The third kappa shape index (κ3) is 4.09. The number of aryl methyl sites for hydroxylation is 1. The Bertz CT molecular complexity index is 1270. The van der Waals surface area contributed by atoms with Gasteiger partial charge in [0.05, 0.1) is 29.7 Å². The van der Waals surface area contributed by atoms with E-state index < -0.39 is 27.0 Å². The molecule has 2 aromatic heterocycles. The van der Waals surface area contributed by atoms with Crippen molar-refractivity contribution < 1.29 is 17.7 Å². The summed E-state index contributed by atoms with van der Waals surface area (Å²) < 4.78 is 47.6. The summed E-state index contributed by atoms with van der Waals surface area (Å²) >= 11 is 9.90. The molecule has 5 nitrogen and oxygen atoms in total. The maximum Gasteiger partial charge on any atom is 0.418 e. The molecule has 2 unspecified atom stereocenters. The van der Waals surface area contributed by atoms with Crippen molar-refractivity contribution in [1.82, 2.24) is 14.7 Å². The van der Waals surface area contributed by atoms with Crippen molar-refractivity contribution in [2.75, 3.05) is 0 Å². The van der Waals surface area contributed by atoms with Crippen molar-refractivity contribution in [3.63, 3.8) is 0 Å².